The number of hydrogen-bond donors (Lipinski definition) is 2. The second kappa shape index (κ2) is 10.3. The minimum absolute atomic E-state index is 0. The highest BCUT2D eigenvalue weighted by molar-refractivity contribution is 14.0. The molecule has 5 atom stereocenters. The summed E-state index contributed by atoms with van der Waals surface area (Å²) in [6, 6.07) is 7.54. The van der Waals surface area contributed by atoms with Crippen LogP contribution < -0.4 is 10.6 Å². The van der Waals surface area contributed by atoms with Crippen LogP contribution in [0.15, 0.2) is 41.4 Å². The molecule has 2 fully saturated rings. The molecule has 3 aliphatic rings. The molecular weight excluding hydrogens is 531 g/mol. The third-order valence-electron chi connectivity index (χ3n) is 6.37. The smallest absolute Gasteiger partial charge is 0.233 e. The van der Waals surface area contributed by atoms with Crippen molar-refractivity contribution in [2.75, 3.05) is 33.8 Å². The minimum atomic E-state index is -0.189. The molecule has 1 heterocycles. The van der Waals surface area contributed by atoms with Crippen LogP contribution in [0.3, 0.4) is 0 Å². The Morgan fingerprint density at radius 3 is 2.48 bits per heavy atom. The Labute approximate surface area is 204 Å². The standard InChI is InChI=1S/C22H27ClN4O3.HI/c1-24-22(26-12-17(30-2)13-4-3-5-16(23)11-13)25-8-9-27-20(28)18-14-6-7-15(10-14)19(18)21(27)29;/h3-7,11,14-15,17-19H,8-10,12H2,1-2H3,(H2,24,25,26);1H. The van der Waals surface area contributed by atoms with Gasteiger partial charge in [0.25, 0.3) is 0 Å². The first-order chi connectivity index (χ1) is 14.5. The zero-order chi connectivity index (χ0) is 21.3. The fourth-order valence-corrected chi connectivity index (χ4v) is 5.12. The predicted molar refractivity (Wildman–Crippen MR) is 130 cm³/mol. The van der Waals surface area contributed by atoms with E-state index in [-0.39, 0.29) is 65.6 Å². The molecule has 0 spiro atoms. The maximum absolute atomic E-state index is 12.7. The molecule has 7 nitrogen and oxygen atoms in total. The van der Waals surface area contributed by atoms with Crippen molar-refractivity contribution in [1.29, 1.82) is 0 Å². The van der Waals surface area contributed by atoms with Crippen molar-refractivity contribution in [3.8, 4) is 0 Å². The summed E-state index contributed by atoms with van der Waals surface area (Å²) in [5.41, 5.74) is 0.969. The van der Waals surface area contributed by atoms with Crippen LogP contribution in [0.1, 0.15) is 18.1 Å². The van der Waals surface area contributed by atoms with Gasteiger partial charge in [-0.25, -0.2) is 0 Å². The Morgan fingerprint density at radius 1 is 1.23 bits per heavy atom. The fourth-order valence-electron chi connectivity index (χ4n) is 4.92. The molecule has 1 aromatic carbocycles. The Kier molecular flexibility index (Phi) is 7.98. The van der Waals surface area contributed by atoms with Gasteiger partial charge in [0, 0.05) is 38.8 Å². The third kappa shape index (κ3) is 4.75. The predicted octanol–water partition coefficient (Wildman–Crippen LogP) is 2.62. The highest BCUT2D eigenvalue weighted by Crippen LogP contribution is 2.52. The molecule has 2 aliphatic carbocycles. The topological polar surface area (TPSA) is 83.0 Å². The molecule has 0 radical (unpaired) electrons. The number of aliphatic imine (C=N–C) groups is 1. The maximum Gasteiger partial charge on any atom is 0.233 e. The Bertz CT molecular complexity index is 863. The first kappa shape index (κ1) is 24.0. The second-order valence-electron chi connectivity index (χ2n) is 7.99. The van der Waals surface area contributed by atoms with E-state index >= 15 is 0 Å². The Balaban J connectivity index is 0.00000272. The average molecular weight is 559 g/mol. The number of nitrogens with one attached hydrogen (secondary N) is 2. The summed E-state index contributed by atoms with van der Waals surface area (Å²) in [7, 11) is 3.32. The molecule has 1 saturated heterocycles. The highest BCUT2D eigenvalue weighted by atomic mass is 127. The van der Waals surface area contributed by atoms with Crippen LogP contribution in [-0.4, -0.2) is 56.5 Å². The molecule has 1 aliphatic heterocycles. The van der Waals surface area contributed by atoms with Crippen molar-refractivity contribution in [2.45, 2.75) is 12.5 Å². The molecule has 168 valence electrons. The van der Waals surface area contributed by atoms with Gasteiger partial charge >= 0.3 is 0 Å². The molecule has 2 bridgehead atoms. The van der Waals surface area contributed by atoms with E-state index in [2.05, 4.69) is 27.8 Å². The van der Waals surface area contributed by atoms with Gasteiger partial charge in [-0.2, -0.15) is 0 Å². The van der Waals surface area contributed by atoms with Crippen LogP contribution in [-0.2, 0) is 14.3 Å². The van der Waals surface area contributed by atoms with E-state index in [0.29, 0.717) is 30.6 Å². The lowest BCUT2D eigenvalue weighted by molar-refractivity contribution is -0.140. The zero-order valence-corrected chi connectivity index (χ0v) is 20.7. The number of likely N-dealkylation sites (tertiary alicyclic amines) is 1. The number of hydrogen-bond acceptors (Lipinski definition) is 4. The summed E-state index contributed by atoms with van der Waals surface area (Å²) in [4.78, 5) is 31.1. The molecule has 2 amide bonds. The van der Waals surface area contributed by atoms with E-state index < -0.39 is 0 Å². The fraction of sp³-hybridized carbons (Fsp3) is 0.500. The van der Waals surface area contributed by atoms with E-state index in [4.69, 9.17) is 16.3 Å². The number of guanidine groups is 1. The van der Waals surface area contributed by atoms with Crippen LogP contribution in [0.2, 0.25) is 5.02 Å². The molecule has 4 rings (SSSR count). The van der Waals surface area contributed by atoms with E-state index in [1.54, 1.807) is 14.2 Å². The van der Waals surface area contributed by atoms with Crippen LogP contribution in [0.4, 0.5) is 0 Å². The lowest BCUT2D eigenvalue weighted by atomic mass is 9.85. The molecule has 0 aromatic heterocycles. The van der Waals surface area contributed by atoms with Gasteiger partial charge in [0.1, 0.15) is 0 Å². The summed E-state index contributed by atoms with van der Waals surface area (Å²) in [6.07, 6.45) is 4.97. The summed E-state index contributed by atoms with van der Waals surface area (Å²) >= 11 is 6.07. The van der Waals surface area contributed by atoms with E-state index in [9.17, 15) is 9.59 Å². The van der Waals surface area contributed by atoms with E-state index in [0.717, 1.165) is 12.0 Å². The number of rotatable bonds is 7. The number of allylic oxidation sites excluding steroid dienone is 2. The van der Waals surface area contributed by atoms with Crippen molar-refractivity contribution in [3.63, 3.8) is 0 Å². The normalized spacial score (nSPS) is 27.3. The molecular formula is C22H28ClIN4O3. The SMILES string of the molecule is CN=C(NCCN1C(=O)C2C3C=CC(C3)C2C1=O)NCC(OC)c1cccc(Cl)c1.I. The van der Waals surface area contributed by atoms with Gasteiger partial charge in [-0.05, 0) is 36.0 Å². The Morgan fingerprint density at radius 2 is 1.90 bits per heavy atom. The third-order valence-corrected chi connectivity index (χ3v) is 6.61. The number of imide groups is 1. The highest BCUT2D eigenvalue weighted by Gasteiger charge is 2.58. The van der Waals surface area contributed by atoms with Crippen LogP contribution in [0.25, 0.3) is 0 Å². The number of carbonyl (C=O) groups is 2. The molecule has 1 aromatic rings. The van der Waals surface area contributed by atoms with Crippen molar-refractivity contribution >= 4 is 53.4 Å². The van der Waals surface area contributed by atoms with Gasteiger partial charge in [-0.1, -0.05) is 35.9 Å². The number of carbonyl (C=O) groups excluding carboxylic acids is 2. The van der Waals surface area contributed by atoms with Crippen molar-refractivity contribution in [3.05, 3.63) is 47.0 Å². The van der Waals surface area contributed by atoms with Gasteiger partial charge in [0.05, 0.1) is 17.9 Å². The summed E-state index contributed by atoms with van der Waals surface area (Å²) in [6.45, 7) is 1.28. The summed E-state index contributed by atoms with van der Waals surface area (Å²) in [5, 5.41) is 7.06. The number of ether oxygens (including phenoxy) is 1. The van der Waals surface area contributed by atoms with Gasteiger partial charge < -0.3 is 15.4 Å². The van der Waals surface area contributed by atoms with Crippen molar-refractivity contribution < 1.29 is 14.3 Å². The lowest BCUT2D eigenvalue weighted by Crippen LogP contribution is -2.44. The number of nitrogens with zero attached hydrogens (tertiary/aromatic N) is 2. The van der Waals surface area contributed by atoms with Crippen LogP contribution >= 0.6 is 35.6 Å². The lowest BCUT2D eigenvalue weighted by Gasteiger charge is -2.20. The number of methoxy groups -OCH3 is 1. The number of halogens is 2. The second-order valence-corrected chi connectivity index (χ2v) is 8.42. The van der Waals surface area contributed by atoms with Gasteiger partial charge in [-0.15, -0.1) is 24.0 Å². The Hall–Kier alpha value is -1.65. The average Bonchev–Trinajstić information content (AvgIpc) is 3.42. The van der Waals surface area contributed by atoms with E-state index in [1.165, 1.54) is 4.90 Å². The molecule has 2 N–H and O–H groups in total. The maximum atomic E-state index is 12.7. The largest absolute Gasteiger partial charge is 0.375 e. The first-order valence-electron chi connectivity index (χ1n) is 10.3. The minimum Gasteiger partial charge on any atom is -0.375 e. The van der Waals surface area contributed by atoms with Crippen LogP contribution in [0.5, 0.6) is 0 Å². The monoisotopic (exact) mass is 558 g/mol. The van der Waals surface area contributed by atoms with Crippen molar-refractivity contribution in [2.24, 2.45) is 28.7 Å². The van der Waals surface area contributed by atoms with E-state index in [1.807, 2.05) is 24.3 Å². The first-order valence-corrected chi connectivity index (χ1v) is 10.7. The molecule has 9 heteroatoms. The molecule has 31 heavy (non-hydrogen) atoms. The quantitative estimate of drug-likeness (QED) is 0.177. The number of amides is 2. The summed E-state index contributed by atoms with van der Waals surface area (Å²) < 4.78 is 5.56. The van der Waals surface area contributed by atoms with Gasteiger partial charge in [0.15, 0.2) is 5.96 Å². The number of benzene rings is 1. The van der Waals surface area contributed by atoms with Gasteiger partial charge in [-0.3, -0.25) is 19.5 Å². The van der Waals surface area contributed by atoms with Gasteiger partial charge in [0.2, 0.25) is 11.8 Å². The molecule has 5 unspecified atom stereocenters. The number of fused-ring (bicyclic) bond motifs is 5. The molecule has 1 saturated carbocycles. The van der Waals surface area contributed by atoms with Crippen LogP contribution in [0, 0.1) is 23.7 Å². The zero-order valence-electron chi connectivity index (χ0n) is 17.6. The summed E-state index contributed by atoms with van der Waals surface area (Å²) in [5.74, 6) is 0.719. The van der Waals surface area contributed by atoms with Crippen molar-refractivity contribution in [1.82, 2.24) is 15.5 Å².